The highest BCUT2D eigenvalue weighted by atomic mass is 127. The molecule has 1 aliphatic rings. The first-order valence-corrected chi connectivity index (χ1v) is 10.3. The molecule has 0 spiro atoms. The lowest BCUT2D eigenvalue weighted by molar-refractivity contribution is -0.385. The van der Waals surface area contributed by atoms with E-state index in [4.69, 9.17) is 9.47 Å². The molecule has 0 unspecified atom stereocenters. The van der Waals surface area contributed by atoms with Crippen LogP contribution in [0.15, 0.2) is 41.0 Å². The van der Waals surface area contributed by atoms with Gasteiger partial charge in [0.25, 0.3) is 5.69 Å². The maximum absolute atomic E-state index is 12.2. The first-order valence-electron chi connectivity index (χ1n) is 8.11. The molecule has 0 amide bonds. The Morgan fingerprint density at radius 3 is 2.48 bits per heavy atom. The standard InChI is InChI=1S/C19H12I2N2O6/c1-9-3-4-12(8-16(9)23(26)27)18-22-15(19(25)29-18)7-11-5-13(20)17(14(21)6-11)28-10(2)24/h3-8H,1-2H3/b15-7+. The second kappa shape index (κ2) is 8.57. The van der Waals surface area contributed by atoms with Gasteiger partial charge in [-0.2, -0.15) is 0 Å². The van der Waals surface area contributed by atoms with Gasteiger partial charge in [0.1, 0.15) is 0 Å². The van der Waals surface area contributed by atoms with E-state index < -0.39 is 16.9 Å². The summed E-state index contributed by atoms with van der Waals surface area (Å²) < 4.78 is 11.8. The van der Waals surface area contributed by atoms with Gasteiger partial charge in [0.2, 0.25) is 5.90 Å². The summed E-state index contributed by atoms with van der Waals surface area (Å²) in [6.07, 6.45) is 1.54. The van der Waals surface area contributed by atoms with Crippen molar-refractivity contribution in [2.75, 3.05) is 0 Å². The molecule has 0 fully saturated rings. The SMILES string of the molecule is CC(=O)Oc1c(I)cc(/C=C2/N=C(c3ccc(C)c([N+](=O)[O-])c3)OC2=O)cc1I. The van der Waals surface area contributed by atoms with Gasteiger partial charge in [0.05, 0.1) is 12.1 Å². The number of esters is 2. The number of nitro groups is 1. The number of nitro benzene ring substituents is 1. The van der Waals surface area contributed by atoms with E-state index in [9.17, 15) is 19.7 Å². The topological polar surface area (TPSA) is 108 Å². The van der Waals surface area contributed by atoms with Crippen molar-refractivity contribution in [2.24, 2.45) is 4.99 Å². The molecule has 2 aromatic rings. The van der Waals surface area contributed by atoms with Crippen LogP contribution in [0.25, 0.3) is 6.08 Å². The summed E-state index contributed by atoms with van der Waals surface area (Å²) in [4.78, 5) is 38.3. The molecular weight excluding hydrogens is 606 g/mol. The number of cyclic esters (lactones) is 1. The number of hydrogen-bond donors (Lipinski definition) is 0. The van der Waals surface area contributed by atoms with E-state index in [-0.39, 0.29) is 17.3 Å². The number of nitrogens with zero attached hydrogens (tertiary/aromatic N) is 2. The Kier molecular flexibility index (Phi) is 6.31. The van der Waals surface area contributed by atoms with Gasteiger partial charge < -0.3 is 9.47 Å². The quantitative estimate of drug-likeness (QED) is 0.126. The van der Waals surface area contributed by atoms with E-state index in [1.807, 2.05) is 45.2 Å². The number of aliphatic imine (C=N–C) groups is 1. The Bertz CT molecular complexity index is 1100. The van der Waals surface area contributed by atoms with Gasteiger partial charge in [-0.05, 0) is 81.9 Å². The Labute approximate surface area is 192 Å². The molecule has 0 bridgehead atoms. The van der Waals surface area contributed by atoms with Crippen LogP contribution in [0.4, 0.5) is 5.69 Å². The summed E-state index contributed by atoms with van der Waals surface area (Å²) in [6, 6.07) is 7.99. The number of benzene rings is 2. The highest BCUT2D eigenvalue weighted by Crippen LogP contribution is 2.31. The molecular formula is C19H12I2N2O6. The number of carbonyl (C=O) groups excluding carboxylic acids is 2. The number of aryl methyl sites for hydroxylation is 1. The van der Waals surface area contributed by atoms with Gasteiger partial charge in [-0.1, -0.05) is 6.07 Å². The van der Waals surface area contributed by atoms with Crippen LogP contribution >= 0.6 is 45.2 Å². The summed E-state index contributed by atoms with van der Waals surface area (Å²) in [6.45, 7) is 2.95. The van der Waals surface area contributed by atoms with Crippen LogP contribution in [0.1, 0.15) is 23.6 Å². The monoisotopic (exact) mass is 618 g/mol. The smallest absolute Gasteiger partial charge is 0.363 e. The Morgan fingerprint density at radius 1 is 1.24 bits per heavy atom. The molecule has 0 saturated carbocycles. The lowest BCUT2D eigenvalue weighted by Crippen LogP contribution is -2.06. The lowest BCUT2D eigenvalue weighted by atomic mass is 10.1. The van der Waals surface area contributed by atoms with Crippen molar-refractivity contribution in [1.29, 1.82) is 0 Å². The first kappa shape index (κ1) is 21.4. The predicted octanol–water partition coefficient (Wildman–Crippen LogP) is 4.38. The zero-order valence-electron chi connectivity index (χ0n) is 15.1. The van der Waals surface area contributed by atoms with Gasteiger partial charge in [0.15, 0.2) is 11.4 Å². The normalized spacial score (nSPS) is 14.6. The van der Waals surface area contributed by atoms with Crippen LogP contribution in [-0.4, -0.2) is 22.8 Å². The zero-order valence-corrected chi connectivity index (χ0v) is 19.4. The van der Waals surface area contributed by atoms with Crippen molar-refractivity contribution in [2.45, 2.75) is 13.8 Å². The molecule has 148 valence electrons. The van der Waals surface area contributed by atoms with E-state index in [1.165, 1.54) is 13.0 Å². The highest BCUT2D eigenvalue weighted by Gasteiger charge is 2.26. The van der Waals surface area contributed by atoms with Crippen LogP contribution in [0.5, 0.6) is 5.75 Å². The Balaban J connectivity index is 1.96. The summed E-state index contributed by atoms with van der Waals surface area (Å²) in [5, 5.41) is 11.1. The maximum Gasteiger partial charge on any atom is 0.363 e. The third-order valence-electron chi connectivity index (χ3n) is 3.84. The van der Waals surface area contributed by atoms with Gasteiger partial charge >= 0.3 is 11.9 Å². The number of hydrogen-bond acceptors (Lipinski definition) is 7. The molecule has 0 saturated heterocycles. The predicted molar refractivity (Wildman–Crippen MR) is 122 cm³/mol. The van der Waals surface area contributed by atoms with E-state index in [1.54, 1.807) is 37.3 Å². The second-order valence-electron chi connectivity index (χ2n) is 6.00. The fraction of sp³-hybridized carbons (Fsp3) is 0.105. The van der Waals surface area contributed by atoms with Gasteiger partial charge in [-0.15, -0.1) is 0 Å². The van der Waals surface area contributed by atoms with Gasteiger partial charge in [-0.3, -0.25) is 14.9 Å². The average Bonchev–Trinajstić information content (AvgIpc) is 2.98. The fourth-order valence-corrected chi connectivity index (χ4v) is 4.57. The van der Waals surface area contributed by atoms with E-state index in [0.29, 0.717) is 29.6 Å². The molecule has 29 heavy (non-hydrogen) atoms. The minimum atomic E-state index is -0.655. The molecule has 0 atom stereocenters. The summed E-state index contributed by atoms with van der Waals surface area (Å²) in [5.41, 5.74) is 1.49. The largest absolute Gasteiger partial charge is 0.424 e. The summed E-state index contributed by atoms with van der Waals surface area (Å²) in [7, 11) is 0. The van der Waals surface area contributed by atoms with Crippen molar-refractivity contribution >= 4 is 74.8 Å². The Hall–Kier alpha value is -2.35. The minimum absolute atomic E-state index is 0.00489. The Morgan fingerprint density at radius 2 is 1.90 bits per heavy atom. The molecule has 0 aromatic heterocycles. The van der Waals surface area contributed by atoms with Gasteiger partial charge in [-0.25, -0.2) is 9.79 Å². The van der Waals surface area contributed by atoms with Crippen LogP contribution < -0.4 is 4.74 Å². The molecule has 3 rings (SSSR count). The molecule has 0 aliphatic carbocycles. The average molecular weight is 618 g/mol. The molecule has 2 aromatic carbocycles. The third kappa shape index (κ3) is 4.80. The second-order valence-corrected chi connectivity index (χ2v) is 8.33. The maximum atomic E-state index is 12.2. The van der Waals surface area contributed by atoms with E-state index >= 15 is 0 Å². The number of carbonyl (C=O) groups is 2. The van der Waals surface area contributed by atoms with Crippen LogP contribution in [0.2, 0.25) is 0 Å². The molecule has 10 heteroatoms. The number of rotatable bonds is 4. The number of ether oxygens (including phenoxy) is 2. The van der Waals surface area contributed by atoms with Crippen LogP contribution in [-0.2, 0) is 14.3 Å². The van der Waals surface area contributed by atoms with Crippen LogP contribution in [0, 0.1) is 24.2 Å². The third-order valence-corrected chi connectivity index (χ3v) is 5.45. The zero-order chi connectivity index (χ0) is 21.3. The van der Waals surface area contributed by atoms with Crippen molar-refractivity contribution < 1.29 is 24.0 Å². The van der Waals surface area contributed by atoms with Crippen molar-refractivity contribution in [3.63, 3.8) is 0 Å². The molecule has 8 nitrogen and oxygen atoms in total. The van der Waals surface area contributed by atoms with E-state index in [0.717, 1.165) is 0 Å². The molecule has 1 heterocycles. The van der Waals surface area contributed by atoms with Crippen LogP contribution in [0.3, 0.4) is 0 Å². The van der Waals surface area contributed by atoms with Crippen molar-refractivity contribution in [3.8, 4) is 5.75 Å². The highest BCUT2D eigenvalue weighted by molar-refractivity contribution is 14.1. The molecule has 0 N–H and O–H groups in total. The summed E-state index contributed by atoms with van der Waals surface area (Å²) in [5.74, 6) is -0.624. The lowest BCUT2D eigenvalue weighted by Gasteiger charge is -2.08. The van der Waals surface area contributed by atoms with Crippen molar-refractivity contribution in [3.05, 3.63) is 70.0 Å². The fourth-order valence-electron chi connectivity index (χ4n) is 2.53. The first-order chi connectivity index (χ1) is 13.7. The van der Waals surface area contributed by atoms with E-state index in [2.05, 4.69) is 4.99 Å². The van der Waals surface area contributed by atoms with Crippen molar-refractivity contribution in [1.82, 2.24) is 0 Å². The number of halogens is 2. The summed E-state index contributed by atoms with van der Waals surface area (Å²) >= 11 is 4.07. The molecule has 1 aliphatic heterocycles. The molecule has 0 radical (unpaired) electrons. The minimum Gasteiger partial charge on any atom is -0.424 e. The van der Waals surface area contributed by atoms with Gasteiger partial charge in [0, 0.05) is 24.1 Å².